The second-order valence-corrected chi connectivity index (χ2v) is 11.3. The highest BCUT2D eigenvalue weighted by molar-refractivity contribution is 6.04. The first kappa shape index (κ1) is 27.0. The number of ether oxygens (including phenoxy) is 4. The molecule has 1 saturated heterocycles. The van der Waals surface area contributed by atoms with E-state index < -0.39 is 11.9 Å². The van der Waals surface area contributed by atoms with Crippen molar-refractivity contribution in [1.82, 2.24) is 5.32 Å². The van der Waals surface area contributed by atoms with Gasteiger partial charge >= 0.3 is 5.97 Å². The lowest BCUT2D eigenvalue weighted by Gasteiger charge is -2.39. The first-order valence-corrected chi connectivity index (χ1v) is 13.6. The van der Waals surface area contributed by atoms with E-state index in [-0.39, 0.29) is 23.9 Å². The maximum atomic E-state index is 13.6. The Morgan fingerprint density at radius 1 is 1.10 bits per heavy atom. The topological polar surface area (TPSA) is 83.1 Å². The predicted octanol–water partition coefficient (Wildman–Crippen LogP) is 5.60. The molecule has 0 bridgehead atoms. The molecule has 7 nitrogen and oxygen atoms in total. The van der Waals surface area contributed by atoms with E-state index in [2.05, 4.69) is 19.2 Å². The van der Waals surface area contributed by atoms with E-state index in [0.717, 1.165) is 36.1 Å². The first-order valence-electron chi connectivity index (χ1n) is 13.6. The second-order valence-electron chi connectivity index (χ2n) is 11.3. The second kappa shape index (κ2) is 11.3. The number of hydrogen-bond acceptors (Lipinski definition) is 7. The van der Waals surface area contributed by atoms with E-state index in [1.54, 1.807) is 7.11 Å². The lowest BCUT2D eigenvalue weighted by Crippen LogP contribution is -2.39. The molecule has 2 heterocycles. The Balaban J connectivity index is 1.49. The zero-order valence-electron chi connectivity index (χ0n) is 23.2. The van der Waals surface area contributed by atoms with Crippen LogP contribution >= 0.6 is 0 Å². The Morgan fingerprint density at radius 2 is 1.90 bits per heavy atom. The summed E-state index contributed by atoms with van der Waals surface area (Å²) in [5.41, 5.74) is 4.30. The lowest BCUT2D eigenvalue weighted by molar-refractivity contribution is -0.142. The molecule has 0 amide bonds. The highest BCUT2D eigenvalue weighted by Gasteiger charge is 2.43. The molecule has 2 aromatic rings. The van der Waals surface area contributed by atoms with Crippen LogP contribution in [0.15, 0.2) is 71.1 Å². The Bertz CT molecular complexity index is 1300. The van der Waals surface area contributed by atoms with Crippen LogP contribution in [0.25, 0.3) is 0 Å². The fourth-order valence-corrected chi connectivity index (χ4v) is 5.78. The molecule has 0 radical (unpaired) electrons. The number of carbonyl (C=O) groups is 2. The smallest absolute Gasteiger partial charge is 0.336 e. The summed E-state index contributed by atoms with van der Waals surface area (Å²) >= 11 is 0. The summed E-state index contributed by atoms with van der Waals surface area (Å²) in [6, 6.07) is 15.5. The molecule has 1 N–H and O–H groups in total. The van der Waals surface area contributed by atoms with E-state index in [1.165, 1.54) is 0 Å². The Morgan fingerprint density at radius 3 is 2.62 bits per heavy atom. The molecule has 1 fully saturated rings. The number of benzene rings is 2. The zero-order chi connectivity index (χ0) is 27.6. The van der Waals surface area contributed by atoms with Gasteiger partial charge in [0.25, 0.3) is 0 Å². The van der Waals surface area contributed by atoms with Crippen molar-refractivity contribution in [1.29, 1.82) is 0 Å². The molecule has 2 atom stereocenters. The molecule has 0 saturated carbocycles. The van der Waals surface area contributed by atoms with Crippen LogP contribution < -0.4 is 14.8 Å². The molecule has 0 unspecified atom stereocenters. The molecular weight excluding hydrogens is 494 g/mol. The van der Waals surface area contributed by atoms with Crippen molar-refractivity contribution in [2.75, 3.05) is 20.3 Å². The number of ketones is 1. The number of Topliss-reactive ketones (excluding diaryl/α,β-unsaturated/α-hetero) is 1. The molecule has 2 aromatic carbocycles. The zero-order valence-corrected chi connectivity index (χ0v) is 23.2. The van der Waals surface area contributed by atoms with Crippen LogP contribution in [0.1, 0.15) is 63.5 Å². The highest BCUT2D eigenvalue weighted by Crippen LogP contribution is 2.48. The van der Waals surface area contributed by atoms with Crippen molar-refractivity contribution >= 4 is 11.8 Å². The van der Waals surface area contributed by atoms with Gasteiger partial charge in [-0.3, -0.25) is 4.79 Å². The van der Waals surface area contributed by atoms with E-state index in [4.69, 9.17) is 18.9 Å². The van der Waals surface area contributed by atoms with Crippen LogP contribution in [0, 0.1) is 5.41 Å². The van der Waals surface area contributed by atoms with Gasteiger partial charge in [-0.15, -0.1) is 0 Å². The normalized spacial score (nSPS) is 22.3. The van der Waals surface area contributed by atoms with Crippen molar-refractivity contribution < 1.29 is 28.5 Å². The highest BCUT2D eigenvalue weighted by atomic mass is 16.6. The van der Waals surface area contributed by atoms with Crippen molar-refractivity contribution in [3.05, 3.63) is 82.2 Å². The van der Waals surface area contributed by atoms with Crippen LogP contribution in [-0.4, -0.2) is 38.2 Å². The molecule has 5 rings (SSSR count). The minimum atomic E-state index is -0.570. The summed E-state index contributed by atoms with van der Waals surface area (Å²) in [5, 5.41) is 3.39. The summed E-state index contributed by atoms with van der Waals surface area (Å²) in [4.78, 5) is 27.2. The van der Waals surface area contributed by atoms with Gasteiger partial charge in [0.05, 0.1) is 18.8 Å². The number of hydrogen-bond donors (Lipinski definition) is 1. The van der Waals surface area contributed by atoms with Gasteiger partial charge in [0, 0.05) is 35.9 Å². The van der Waals surface area contributed by atoms with Crippen LogP contribution in [0.2, 0.25) is 0 Å². The van der Waals surface area contributed by atoms with Crippen LogP contribution in [-0.2, 0) is 25.7 Å². The predicted molar refractivity (Wildman–Crippen MR) is 147 cm³/mol. The fourth-order valence-electron chi connectivity index (χ4n) is 5.78. The summed E-state index contributed by atoms with van der Waals surface area (Å²) in [6.45, 7) is 7.35. The first-order chi connectivity index (χ1) is 18.8. The number of allylic oxidation sites excluding steroid dienone is 3. The van der Waals surface area contributed by atoms with Crippen LogP contribution in [0.4, 0.5) is 0 Å². The number of esters is 1. The van der Waals surface area contributed by atoms with Crippen molar-refractivity contribution in [3.8, 4) is 11.5 Å². The Hall–Kier alpha value is -3.58. The maximum absolute atomic E-state index is 13.6. The van der Waals surface area contributed by atoms with Gasteiger partial charge in [-0.05, 0) is 54.9 Å². The lowest BCUT2D eigenvalue weighted by atomic mass is 9.68. The van der Waals surface area contributed by atoms with Crippen molar-refractivity contribution in [2.45, 2.75) is 65.1 Å². The van der Waals surface area contributed by atoms with Crippen LogP contribution in [0.3, 0.4) is 0 Å². The van der Waals surface area contributed by atoms with E-state index in [1.807, 2.05) is 55.5 Å². The van der Waals surface area contributed by atoms with Gasteiger partial charge in [-0.1, -0.05) is 50.2 Å². The minimum absolute atomic E-state index is 0.0408. The third-order valence-corrected chi connectivity index (χ3v) is 7.64. The summed E-state index contributed by atoms with van der Waals surface area (Å²) < 4.78 is 23.2. The van der Waals surface area contributed by atoms with Crippen molar-refractivity contribution in [3.63, 3.8) is 0 Å². The molecule has 7 heteroatoms. The molecule has 0 spiro atoms. The van der Waals surface area contributed by atoms with Crippen molar-refractivity contribution in [2.24, 2.45) is 5.41 Å². The summed E-state index contributed by atoms with van der Waals surface area (Å²) in [7, 11) is 1.59. The Kier molecular flexibility index (Phi) is 7.80. The number of rotatable bonds is 8. The largest absolute Gasteiger partial charge is 0.493 e. The quantitative estimate of drug-likeness (QED) is 0.444. The molecule has 3 aliphatic rings. The SMILES string of the molecule is COc1cc([C@@H]2C(C(=O)OC[C@H]3CCCO3)=C(C)NC3=C2C(=O)CC(C)(C)C3)ccc1OCc1ccccc1. The Labute approximate surface area is 230 Å². The third-order valence-electron chi connectivity index (χ3n) is 7.64. The molecule has 1 aliphatic carbocycles. The average Bonchev–Trinajstić information content (AvgIpc) is 3.43. The van der Waals surface area contributed by atoms with Gasteiger partial charge in [0.2, 0.25) is 0 Å². The summed E-state index contributed by atoms with van der Waals surface area (Å²) in [5.74, 6) is 0.163. The molecule has 39 heavy (non-hydrogen) atoms. The monoisotopic (exact) mass is 531 g/mol. The van der Waals surface area contributed by atoms with Crippen LogP contribution in [0.5, 0.6) is 11.5 Å². The van der Waals surface area contributed by atoms with Gasteiger partial charge < -0.3 is 24.3 Å². The number of dihydropyridines is 1. The average molecular weight is 532 g/mol. The fraction of sp³-hybridized carbons (Fsp3) is 0.438. The summed E-state index contributed by atoms with van der Waals surface area (Å²) in [6.07, 6.45) is 2.88. The third kappa shape index (κ3) is 5.88. The maximum Gasteiger partial charge on any atom is 0.336 e. The minimum Gasteiger partial charge on any atom is -0.493 e. The number of nitrogens with one attached hydrogen (secondary N) is 1. The number of methoxy groups -OCH3 is 1. The number of carbonyl (C=O) groups excluding carboxylic acids is 2. The van der Waals surface area contributed by atoms with Gasteiger partial charge in [0.15, 0.2) is 17.3 Å². The van der Waals surface area contributed by atoms with E-state index in [0.29, 0.717) is 48.0 Å². The van der Waals surface area contributed by atoms with Gasteiger partial charge in [-0.2, -0.15) is 0 Å². The van der Waals surface area contributed by atoms with Gasteiger partial charge in [-0.25, -0.2) is 4.79 Å². The standard InChI is InChI=1S/C32H37NO6/c1-20-28(31(35)39-19-23-11-8-14-37-23)29(30-24(33-20)16-32(2,3)17-25(30)34)22-12-13-26(27(15-22)36-4)38-18-21-9-6-5-7-10-21/h5-7,9-10,12-13,15,23,29,33H,8,11,14,16-19H2,1-4H3/t23-,29-/m1/s1. The van der Waals surface area contributed by atoms with E-state index >= 15 is 0 Å². The molecule has 206 valence electrons. The molecule has 0 aromatic heterocycles. The molecular formula is C32H37NO6. The van der Waals surface area contributed by atoms with E-state index in [9.17, 15) is 9.59 Å². The molecule has 2 aliphatic heterocycles. The van der Waals surface area contributed by atoms with Gasteiger partial charge in [0.1, 0.15) is 13.2 Å².